The molecule has 2 aliphatic heterocycles. The molecule has 6 heteroatoms. The van der Waals surface area contributed by atoms with Crippen molar-refractivity contribution in [2.75, 3.05) is 39.3 Å². The van der Waals surface area contributed by atoms with E-state index in [2.05, 4.69) is 18.7 Å². The van der Waals surface area contributed by atoms with E-state index in [0.29, 0.717) is 25.4 Å². The fraction of sp³-hybridized carbons (Fsp3) is 0.579. The molecule has 2 amide bonds. The monoisotopic (exact) mass is 345 g/mol. The van der Waals surface area contributed by atoms with E-state index in [9.17, 15) is 9.59 Å². The molecule has 2 saturated heterocycles. The number of piperazine rings is 2. The Bertz CT molecular complexity index is 632. The summed E-state index contributed by atoms with van der Waals surface area (Å²) < 4.78 is 5.59. The summed E-state index contributed by atoms with van der Waals surface area (Å²) in [6.07, 6.45) is 0. The van der Waals surface area contributed by atoms with Crippen LogP contribution in [0.15, 0.2) is 30.3 Å². The van der Waals surface area contributed by atoms with Crippen LogP contribution in [0.4, 0.5) is 0 Å². The number of benzene rings is 1. The standard InChI is InChI=1S/C19H27N3O3/c1-15(23)21-12-16-11-20(9-10-22(16)19(2,3)14-21)18(24)13-25-17-7-5-4-6-8-17/h4-8,16H,9-14H2,1-3H3/t16-/m0/s1. The quantitative estimate of drug-likeness (QED) is 0.827. The van der Waals surface area contributed by atoms with Crippen LogP contribution in [-0.2, 0) is 9.59 Å². The lowest BCUT2D eigenvalue weighted by Gasteiger charge is -2.55. The molecule has 1 atom stereocenters. The van der Waals surface area contributed by atoms with E-state index in [-0.39, 0.29) is 30.0 Å². The fourth-order valence-corrected chi connectivity index (χ4v) is 3.90. The smallest absolute Gasteiger partial charge is 0.260 e. The van der Waals surface area contributed by atoms with Crippen LogP contribution in [0.25, 0.3) is 0 Å². The lowest BCUT2D eigenvalue weighted by molar-refractivity contribution is -0.146. The second kappa shape index (κ2) is 7.04. The van der Waals surface area contributed by atoms with Crippen molar-refractivity contribution in [1.82, 2.24) is 14.7 Å². The summed E-state index contributed by atoms with van der Waals surface area (Å²) in [7, 11) is 0. The van der Waals surface area contributed by atoms with Gasteiger partial charge in [0.05, 0.1) is 0 Å². The summed E-state index contributed by atoms with van der Waals surface area (Å²) in [5, 5.41) is 0. The van der Waals surface area contributed by atoms with Crippen LogP contribution in [0.3, 0.4) is 0 Å². The second-order valence-electron chi connectivity index (χ2n) is 7.50. The first-order valence-electron chi connectivity index (χ1n) is 8.85. The van der Waals surface area contributed by atoms with Crippen molar-refractivity contribution in [1.29, 1.82) is 0 Å². The third-order valence-electron chi connectivity index (χ3n) is 5.17. The highest BCUT2D eigenvalue weighted by Gasteiger charge is 2.43. The number of hydrogen-bond acceptors (Lipinski definition) is 4. The highest BCUT2D eigenvalue weighted by molar-refractivity contribution is 5.78. The largest absolute Gasteiger partial charge is 0.484 e. The van der Waals surface area contributed by atoms with E-state index in [1.54, 1.807) is 6.92 Å². The first-order valence-corrected chi connectivity index (χ1v) is 8.85. The number of para-hydroxylation sites is 1. The Balaban J connectivity index is 1.60. The third-order valence-corrected chi connectivity index (χ3v) is 5.17. The van der Waals surface area contributed by atoms with Gasteiger partial charge in [-0.15, -0.1) is 0 Å². The molecule has 6 nitrogen and oxygen atoms in total. The zero-order valence-corrected chi connectivity index (χ0v) is 15.3. The molecule has 0 unspecified atom stereocenters. The molecule has 0 saturated carbocycles. The number of fused-ring (bicyclic) bond motifs is 1. The molecule has 1 aromatic carbocycles. The molecule has 25 heavy (non-hydrogen) atoms. The molecule has 0 bridgehead atoms. The molecule has 136 valence electrons. The summed E-state index contributed by atoms with van der Waals surface area (Å²) in [6, 6.07) is 9.57. The fourth-order valence-electron chi connectivity index (χ4n) is 3.90. The van der Waals surface area contributed by atoms with Gasteiger partial charge < -0.3 is 14.5 Å². The van der Waals surface area contributed by atoms with Crippen molar-refractivity contribution in [2.24, 2.45) is 0 Å². The minimum atomic E-state index is -0.0652. The molecule has 0 radical (unpaired) electrons. The molecule has 2 aliphatic rings. The lowest BCUT2D eigenvalue weighted by atomic mass is 9.92. The van der Waals surface area contributed by atoms with Gasteiger partial charge in [-0.25, -0.2) is 0 Å². The van der Waals surface area contributed by atoms with Crippen LogP contribution in [-0.4, -0.2) is 77.4 Å². The number of rotatable bonds is 3. The molecule has 1 aromatic rings. The molecular formula is C19H27N3O3. The normalized spacial score (nSPS) is 23.1. The zero-order chi connectivity index (χ0) is 18.0. The number of hydrogen-bond donors (Lipinski definition) is 0. The minimum Gasteiger partial charge on any atom is -0.484 e. The number of carbonyl (C=O) groups excluding carboxylic acids is 2. The average molecular weight is 345 g/mol. The van der Waals surface area contributed by atoms with Gasteiger partial charge in [0, 0.05) is 51.2 Å². The number of ether oxygens (including phenoxy) is 1. The highest BCUT2D eigenvalue weighted by Crippen LogP contribution is 2.28. The molecule has 0 aromatic heterocycles. The summed E-state index contributed by atoms with van der Waals surface area (Å²) in [4.78, 5) is 30.6. The average Bonchev–Trinajstić information content (AvgIpc) is 2.59. The first-order chi connectivity index (χ1) is 11.9. The van der Waals surface area contributed by atoms with Crippen molar-refractivity contribution >= 4 is 11.8 Å². The predicted octanol–water partition coefficient (Wildman–Crippen LogP) is 1.22. The number of amides is 2. The van der Waals surface area contributed by atoms with Crippen LogP contribution in [0.5, 0.6) is 5.75 Å². The van der Waals surface area contributed by atoms with E-state index < -0.39 is 0 Å². The van der Waals surface area contributed by atoms with Crippen LogP contribution >= 0.6 is 0 Å². The van der Waals surface area contributed by atoms with Gasteiger partial charge in [0.15, 0.2) is 6.61 Å². The van der Waals surface area contributed by atoms with Gasteiger partial charge in [0.2, 0.25) is 5.91 Å². The molecule has 0 aliphatic carbocycles. The van der Waals surface area contributed by atoms with E-state index >= 15 is 0 Å². The maximum Gasteiger partial charge on any atom is 0.260 e. The van der Waals surface area contributed by atoms with Gasteiger partial charge in [0.1, 0.15) is 5.75 Å². The molecular weight excluding hydrogens is 318 g/mol. The Hall–Kier alpha value is -2.08. The summed E-state index contributed by atoms with van der Waals surface area (Å²) in [5.41, 5.74) is -0.0652. The van der Waals surface area contributed by atoms with E-state index in [4.69, 9.17) is 4.74 Å². The van der Waals surface area contributed by atoms with Crippen molar-refractivity contribution in [3.05, 3.63) is 30.3 Å². The maximum atomic E-state index is 12.5. The van der Waals surface area contributed by atoms with Crippen molar-refractivity contribution in [2.45, 2.75) is 32.4 Å². The van der Waals surface area contributed by atoms with Gasteiger partial charge in [-0.3, -0.25) is 14.5 Å². The molecule has 3 rings (SSSR count). The van der Waals surface area contributed by atoms with Gasteiger partial charge in [-0.1, -0.05) is 18.2 Å². The van der Waals surface area contributed by atoms with E-state index in [0.717, 1.165) is 13.1 Å². The van der Waals surface area contributed by atoms with E-state index in [1.807, 2.05) is 40.1 Å². The molecule has 0 spiro atoms. The van der Waals surface area contributed by atoms with Crippen LogP contribution in [0.2, 0.25) is 0 Å². The first kappa shape index (κ1) is 17.7. The topological polar surface area (TPSA) is 53.1 Å². The van der Waals surface area contributed by atoms with Crippen molar-refractivity contribution < 1.29 is 14.3 Å². The SMILES string of the molecule is CC(=O)N1C[C@@H]2CN(C(=O)COc3ccccc3)CCN2C(C)(C)C1. The Morgan fingerprint density at radius 1 is 1.12 bits per heavy atom. The minimum absolute atomic E-state index is 0.00116. The van der Waals surface area contributed by atoms with Crippen molar-refractivity contribution in [3.8, 4) is 5.75 Å². The van der Waals surface area contributed by atoms with Crippen LogP contribution in [0, 0.1) is 0 Å². The van der Waals surface area contributed by atoms with Crippen LogP contribution in [0.1, 0.15) is 20.8 Å². The lowest BCUT2D eigenvalue weighted by Crippen LogP contribution is -2.70. The Morgan fingerprint density at radius 3 is 2.48 bits per heavy atom. The zero-order valence-electron chi connectivity index (χ0n) is 15.3. The van der Waals surface area contributed by atoms with Crippen molar-refractivity contribution in [3.63, 3.8) is 0 Å². The Morgan fingerprint density at radius 2 is 1.80 bits per heavy atom. The van der Waals surface area contributed by atoms with Gasteiger partial charge >= 0.3 is 0 Å². The number of nitrogens with zero attached hydrogens (tertiary/aromatic N) is 3. The molecule has 0 N–H and O–H groups in total. The second-order valence-corrected chi connectivity index (χ2v) is 7.50. The summed E-state index contributed by atoms with van der Waals surface area (Å²) in [6.45, 7) is 9.62. The Kier molecular flexibility index (Phi) is 4.99. The number of carbonyl (C=O) groups is 2. The van der Waals surface area contributed by atoms with Gasteiger partial charge in [-0.2, -0.15) is 0 Å². The van der Waals surface area contributed by atoms with E-state index in [1.165, 1.54) is 0 Å². The third kappa shape index (κ3) is 3.95. The van der Waals surface area contributed by atoms with Gasteiger partial charge in [-0.05, 0) is 26.0 Å². The summed E-state index contributed by atoms with van der Waals surface area (Å²) >= 11 is 0. The maximum absolute atomic E-state index is 12.5. The Labute approximate surface area is 149 Å². The molecule has 2 heterocycles. The molecule has 2 fully saturated rings. The van der Waals surface area contributed by atoms with Crippen LogP contribution < -0.4 is 4.74 Å². The highest BCUT2D eigenvalue weighted by atomic mass is 16.5. The predicted molar refractivity (Wildman–Crippen MR) is 95.3 cm³/mol. The van der Waals surface area contributed by atoms with Gasteiger partial charge in [0.25, 0.3) is 5.91 Å². The summed E-state index contributed by atoms with van der Waals surface area (Å²) in [5.74, 6) is 0.806.